The van der Waals surface area contributed by atoms with Crippen molar-refractivity contribution in [3.63, 3.8) is 0 Å². The lowest BCUT2D eigenvalue weighted by atomic mass is 9.79. The minimum Gasteiger partial charge on any atom is -0.378 e. The second-order valence-corrected chi connectivity index (χ2v) is 6.70. The molecule has 0 spiro atoms. The molecule has 1 amide bonds. The van der Waals surface area contributed by atoms with Gasteiger partial charge in [-0.1, -0.05) is 35.2 Å². The van der Waals surface area contributed by atoms with Crippen LogP contribution in [0, 0.1) is 5.92 Å². The summed E-state index contributed by atoms with van der Waals surface area (Å²) in [5.74, 6) is 0.772. The van der Waals surface area contributed by atoms with Crippen LogP contribution < -0.4 is 5.32 Å². The molecule has 2 aliphatic rings. The van der Waals surface area contributed by atoms with Crippen LogP contribution in [0.15, 0.2) is 0 Å². The number of carbonyl (C=O) groups excluding carboxylic acids is 1. The zero-order valence-electron chi connectivity index (χ0n) is 11.9. The van der Waals surface area contributed by atoms with Gasteiger partial charge in [-0.3, -0.25) is 4.79 Å². The third kappa shape index (κ3) is 4.19. The second kappa shape index (κ2) is 7.07. The molecule has 0 aromatic rings. The fourth-order valence-corrected chi connectivity index (χ4v) is 4.04. The Morgan fingerprint density at radius 1 is 1.32 bits per heavy atom. The Morgan fingerprint density at radius 2 is 2.00 bits per heavy atom. The molecule has 2 fully saturated rings. The first-order chi connectivity index (χ1) is 9.17. The van der Waals surface area contributed by atoms with Gasteiger partial charge in [-0.2, -0.15) is 0 Å². The van der Waals surface area contributed by atoms with E-state index in [1.807, 2.05) is 6.92 Å². The number of carbonyl (C=O) groups is 1. The summed E-state index contributed by atoms with van der Waals surface area (Å²) in [5.41, 5.74) is 0.0262. The Morgan fingerprint density at radius 3 is 2.58 bits per heavy atom. The standard InChI is InChI=1S/C15H26BrNO2/c1-2-19-13-8-12(9-13)10-14(18)17-15(11-16)6-4-3-5-7-15/h12-13H,2-11H2,1H3,(H,17,18). The molecule has 110 valence electrons. The lowest BCUT2D eigenvalue weighted by molar-refractivity contribution is -0.126. The number of rotatable bonds is 6. The van der Waals surface area contributed by atoms with Crippen LogP contribution in [-0.4, -0.2) is 29.5 Å². The van der Waals surface area contributed by atoms with Gasteiger partial charge in [0.05, 0.1) is 6.10 Å². The van der Waals surface area contributed by atoms with E-state index in [0.29, 0.717) is 18.4 Å². The number of hydrogen-bond acceptors (Lipinski definition) is 2. The smallest absolute Gasteiger partial charge is 0.220 e. The molecule has 0 unspecified atom stereocenters. The molecule has 0 aliphatic heterocycles. The highest BCUT2D eigenvalue weighted by molar-refractivity contribution is 9.09. The summed E-state index contributed by atoms with van der Waals surface area (Å²) in [5, 5.41) is 4.19. The topological polar surface area (TPSA) is 38.3 Å². The predicted molar refractivity (Wildman–Crippen MR) is 80.5 cm³/mol. The molecule has 0 aromatic carbocycles. The van der Waals surface area contributed by atoms with Gasteiger partial charge in [0.1, 0.15) is 0 Å². The molecule has 0 saturated heterocycles. The van der Waals surface area contributed by atoms with E-state index in [9.17, 15) is 4.79 Å². The number of hydrogen-bond donors (Lipinski definition) is 1. The van der Waals surface area contributed by atoms with Crippen LogP contribution in [0.5, 0.6) is 0 Å². The van der Waals surface area contributed by atoms with E-state index >= 15 is 0 Å². The van der Waals surface area contributed by atoms with Crippen LogP contribution in [0.3, 0.4) is 0 Å². The highest BCUT2D eigenvalue weighted by Crippen LogP contribution is 2.34. The van der Waals surface area contributed by atoms with Gasteiger partial charge in [0.25, 0.3) is 0 Å². The summed E-state index contributed by atoms with van der Waals surface area (Å²) in [6.45, 7) is 2.82. The van der Waals surface area contributed by atoms with Gasteiger partial charge in [0.15, 0.2) is 0 Å². The molecule has 3 nitrogen and oxygen atoms in total. The molecule has 2 saturated carbocycles. The average molecular weight is 332 g/mol. The molecule has 0 bridgehead atoms. The fraction of sp³-hybridized carbons (Fsp3) is 0.933. The van der Waals surface area contributed by atoms with E-state index in [4.69, 9.17) is 4.74 Å². The minimum atomic E-state index is 0.0262. The van der Waals surface area contributed by atoms with Gasteiger partial charge in [-0.15, -0.1) is 0 Å². The van der Waals surface area contributed by atoms with Crippen molar-refractivity contribution in [1.82, 2.24) is 5.32 Å². The van der Waals surface area contributed by atoms with Crippen LogP contribution in [0.4, 0.5) is 0 Å². The maximum Gasteiger partial charge on any atom is 0.220 e. The minimum absolute atomic E-state index is 0.0262. The fourth-order valence-electron chi connectivity index (χ4n) is 3.34. The molecule has 1 N–H and O–H groups in total. The summed E-state index contributed by atoms with van der Waals surface area (Å²) in [6, 6.07) is 0. The zero-order valence-corrected chi connectivity index (χ0v) is 13.5. The van der Waals surface area contributed by atoms with Gasteiger partial charge in [-0.05, 0) is 38.5 Å². The van der Waals surface area contributed by atoms with E-state index in [1.54, 1.807) is 0 Å². The maximum absolute atomic E-state index is 12.2. The lowest BCUT2D eigenvalue weighted by Crippen LogP contribution is -2.52. The first-order valence-electron chi connectivity index (χ1n) is 7.66. The Hall–Kier alpha value is -0.0900. The Labute approximate surface area is 125 Å². The van der Waals surface area contributed by atoms with E-state index in [0.717, 1.165) is 37.6 Å². The molecule has 0 aromatic heterocycles. The highest BCUT2D eigenvalue weighted by Gasteiger charge is 2.35. The number of nitrogens with one attached hydrogen (secondary N) is 1. The van der Waals surface area contributed by atoms with Gasteiger partial charge in [-0.25, -0.2) is 0 Å². The van der Waals surface area contributed by atoms with E-state index in [2.05, 4.69) is 21.2 Å². The molecule has 2 rings (SSSR count). The van der Waals surface area contributed by atoms with Crippen LogP contribution in [0.25, 0.3) is 0 Å². The van der Waals surface area contributed by atoms with Gasteiger partial charge in [0, 0.05) is 23.9 Å². The van der Waals surface area contributed by atoms with Gasteiger partial charge >= 0.3 is 0 Å². The van der Waals surface area contributed by atoms with Crippen molar-refractivity contribution >= 4 is 21.8 Å². The van der Waals surface area contributed by atoms with Gasteiger partial charge < -0.3 is 10.1 Å². The Balaban J connectivity index is 1.72. The van der Waals surface area contributed by atoms with Crippen LogP contribution in [0.2, 0.25) is 0 Å². The molecule has 19 heavy (non-hydrogen) atoms. The molecule has 0 radical (unpaired) electrons. The third-order valence-corrected chi connectivity index (χ3v) is 5.61. The predicted octanol–water partition coefficient (Wildman–Crippen LogP) is 3.41. The van der Waals surface area contributed by atoms with Crippen molar-refractivity contribution in [2.24, 2.45) is 5.92 Å². The van der Waals surface area contributed by atoms with E-state index < -0.39 is 0 Å². The summed E-state index contributed by atoms with van der Waals surface area (Å²) < 4.78 is 5.54. The summed E-state index contributed by atoms with van der Waals surface area (Å²) in [6.07, 6.45) is 9.23. The van der Waals surface area contributed by atoms with Crippen LogP contribution in [-0.2, 0) is 9.53 Å². The zero-order chi connectivity index (χ0) is 13.7. The molecule has 0 atom stereocenters. The normalized spacial score (nSPS) is 29.6. The summed E-state index contributed by atoms with van der Waals surface area (Å²) >= 11 is 3.59. The first kappa shape index (κ1) is 15.3. The van der Waals surface area contributed by atoms with E-state index in [-0.39, 0.29) is 11.4 Å². The molecule has 2 aliphatic carbocycles. The van der Waals surface area contributed by atoms with Crippen LogP contribution >= 0.6 is 15.9 Å². The number of halogens is 1. The van der Waals surface area contributed by atoms with Crippen molar-refractivity contribution in [3.8, 4) is 0 Å². The van der Waals surface area contributed by atoms with E-state index in [1.165, 1.54) is 19.3 Å². The first-order valence-corrected chi connectivity index (χ1v) is 8.78. The Bertz CT molecular complexity index is 297. The lowest BCUT2D eigenvalue weighted by Gasteiger charge is -2.39. The van der Waals surface area contributed by atoms with Crippen molar-refractivity contribution < 1.29 is 9.53 Å². The third-order valence-electron chi connectivity index (χ3n) is 4.54. The van der Waals surface area contributed by atoms with Crippen molar-refractivity contribution in [2.45, 2.75) is 69.9 Å². The van der Waals surface area contributed by atoms with Gasteiger partial charge in [0.2, 0.25) is 5.91 Å². The summed E-state index contributed by atoms with van der Waals surface area (Å²) in [7, 11) is 0. The molecule has 0 heterocycles. The van der Waals surface area contributed by atoms with Crippen molar-refractivity contribution in [3.05, 3.63) is 0 Å². The molecule has 4 heteroatoms. The maximum atomic E-state index is 12.2. The SMILES string of the molecule is CCOC1CC(CC(=O)NC2(CBr)CCCCC2)C1. The van der Waals surface area contributed by atoms with Crippen molar-refractivity contribution in [2.75, 3.05) is 11.9 Å². The quantitative estimate of drug-likeness (QED) is 0.757. The molecular weight excluding hydrogens is 306 g/mol. The summed E-state index contributed by atoms with van der Waals surface area (Å²) in [4.78, 5) is 12.2. The average Bonchev–Trinajstić information content (AvgIpc) is 2.37. The largest absolute Gasteiger partial charge is 0.378 e. The Kier molecular flexibility index (Phi) is 5.70. The second-order valence-electron chi connectivity index (χ2n) is 6.14. The number of ether oxygens (including phenoxy) is 1. The highest BCUT2D eigenvalue weighted by atomic mass is 79.9. The number of alkyl halides is 1. The monoisotopic (exact) mass is 331 g/mol. The number of amides is 1. The molecular formula is C15H26BrNO2. The van der Waals surface area contributed by atoms with Crippen molar-refractivity contribution in [1.29, 1.82) is 0 Å². The van der Waals surface area contributed by atoms with Crippen LogP contribution in [0.1, 0.15) is 58.3 Å².